The maximum absolute atomic E-state index is 12.9. The van der Waals surface area contributed by atoms with Crippen molar-refractivity contribution < 1.29 is 32.9 Å². The molecule has 0 aromatic carbocycles. The van der Waals surface area contributed by atoms with E-state index in [0.717, 1.165) is 89.9 Å². The van der Waals surface area contributed by atoms with E-state index in [-0.39, 0.29) is 19.1 Å². The zero-order valence-corrected chi connectivity index (χ0v) is 37.9. The van der Waals surface area contributed by atoms with Crippen molar-refractivity contribution >= 4 is 13.7 Å². The summed E-state index contributed by atoms with van der Waals surface area (Å²) >= 11 is 0. The number of unbranched alkanes of at least 4 members (excludes halogenated alkanes) is 12. The van der Waals surface area contributed by atoms with Gasteiger partial charge in [0.1, 0.15) is 13.2 Å². The molecule has 0 aliphatic heterocycles. The third-order valence-corrected chi connectivity index (χ3v) is 10.4. The summed E-state index contributed by atoms with van der Waals surface area (Å²) in [5, 5.41) is 13.9. The molecule has 8 nitrogen and oxygen atoms in total. The Hall–Kier alpha value is -2.32. The largest absolute Gasteiger partial charge is 0.472 e. The minimum atomic E-state index is -4.32. The third-order valence-electron chi connectivity index (χ3n) is 9.41. The Kier molecular flexibility index (Phi) is 37.6. The minimum Gasteiger partial charge on any atom is -0.391 e. The molecule has 1 amide bonds. The van der Waals surface area contributed by atoms with Gasteiger partial charge in [0.15, 0.2) is 0 Å². The topological polar surface area (TPSA) is 105 Å². The number of amides is 1. The van der Waals surface area contributed by atoms with E-state index in [1.165, 1.54) is 44.9 Å². The second-order valence-corrected chi connectivity index (χ2v) is 17.5. The summed E-state index contributed by atoms with van der Waals surface area (Å²) in [6.07, 6.45) is 53.3. The zero-order valence-electron chi connectivity index (χ0n) is 37.0. The highest BCUT2D eigenvalue weighted by Crippen LogP contribution is 2.43. The number of rotatable bonds is 39. The minimum absolute atomic E-state index is 0.0627. The fourth-order valence-electron chi connectivity index (χ4n) is 5.85. The van der Waals surface area contributed by atoms with Gasteiger partial charge in [0.2, 0.25) is 5.91 Å². The number of phosphoric acid groups is 1. The lowest BCUT2D eigenvalue weighted by Gasteiger charge is -2.26. The van der Waals surface area contributed by atoms with Crippen molar-refractivity contribution in [2.75, 3.05) is 40.9 Å². The second kappa shape index (κ2) is 39.2. The summed E-state index contributed by atoms with van der Waals surface area (Å²) in [5.41, 5.74) is 0. The molecule has 0 rings (SSSR count). The standard InChI is InChI=1S/C48H85N2O6P/c1-6-8-10-12-14-16-18-19-20-21-22-23-24-25-26-27-28-29-30-31-32-34-36-38-40-42-48(52)49-46(45-56-57(53,54)55-44-43-50(3,4)5)47(51)41-39-37-35-33-17-15-13-11-9-7-2/h8,10,14,16,19-20,22-23,25-26,28-29,31-32,46-47,51H,6-7,9,11-13,15,17-18,21,24,27,30,33-45H2,1-5H3,(H-,49,52,53,54)/p+1/b10-8-,16-14-,20-19-,23-22-,26-25-,29-28-,32-31-. The van der Waals surface area contributed by atoms with Crippen LogP contribution in [-0.2, 0) is 18.4 Å². The number of likely N-dealkylation sites (N-methyl/N-ethyl adjacent to an activating group) is 1. The molecule has 0 bridgehead atoms. The number of carbonyl (C=O) groups is 1. The van der Waals surface area contributed by atoms with E-state index in [0.29, 0.717) is 23.9 Å². The van der Waals surface area contributed by atoms with Crippen molar-refractivity contribution in [3.63, 3.8) is 0 Å². The molecule has 0 radical (unpaired) electrons. The average Bonchev–Trinajstić information content (AvgIpc) is 3.16. The summed E-state index contributed by atoms with van der Waals surface area (Å²) in [5.74, 6) is -0.183. The molecule has 3 atom stereocenters. The first-order valence-electron chi connectivity index (χ1n) is 22.5. The highest BCUT2D eigenvalue weighted by molar-refractivity contribution is 7.47. The van der Waals surface area contributed by atoms with E-state index in [9.17, 15) is 19.4 Å². The van der Waals surface area contributed by atoms with Crippen LogP contribution in [0.15, 0.2) is 85.1 Å². The molecule has 0 aromatic rings. The number of nitrogens with one attached hydrogen (secondary N) is 1. The molecule has 0 aliphatic carbocycles. The van der Waals surface area contributed by atoms with Gasteiger partial charge in [-0.15, -0.1) is 0 Å². The van der Waals surface area contributed by atoms with Gasteiger partial charge in [-0.2, -0.15) is 0 Å². The van der Waals surface area contributed by atoms with Crippen molar-refractivity contribution in [2.45, 2.75) is 174 Å². The van der Waals surface area contributed by atoms with E-state index >= 15 is 0 Å². The van der Waals surface area contributed by atoms with Gasteiger partial charge in [-0.25, -0.2) is 4.57 Å². The fourth-order valence-corrected chi connectivity index (χ4v) is 6.58. The number of carbonyl (C=O) groups excluding carboxylic acids is 1. The molecular formula is C48H86N2O6P+. The van der Waals surface area contributed by atoms with Crippen LogP contribution in [0.25, 0.3) is 0 Å². The molecule has 0 aliphatic rings. The number of quaternary nitrogens is 1. The summed E-state index contributed by atoms with van der Waals surface area (Å²) in [6.45, 7) is 4.70. The number of aliphatic hydroxyl groups excluding tert-OH is 1. The van der Waals surface area contributed by atoms with Crippen molar-refractivity contribution in [2.24, 2.45) is 0 Å². The Bertz CT molecular complexity index is 1200. The SMILES string of the molecule is CC/C=C\C/C=C\C/C=C\C/C=C\C/C=C\C/C=C\C/C=C\CCCCCC(=O)NC(COP(=O)(O)OCC[N+](C)(C)C)C(O)CCCCCCCCCCCC. The predicted molar refractivity (Wildman–Crippen MR) is 244 cm³/mol. The Morgan fingerprint density at radius 2 is 1.05 bits per heavy atom. The number of nitrogens with zero attached hydrogens (tertiary/aromatic N) is 1. The molecule has 328 valence electrons. The van der Waals surface area contributed by atoms with Gasteiger partial charge in [0, 0.05) is 6.42 Å². The lowest BCUT2D eigenvalue weighted by atomic mass is 10.0. The molecular weight excluding hydrogens is 732 g/mol. The summed E-state index contributed by atoms with van der Waals surface area (Å²) in [4.78, 5) is 23.1. The van der Waals surface area contributed by atoms with Gasteiger partial charge in [-0.3, -0.25) is 13.8 Å². The van der Waals surface area contributed by atoms with Gasteiger partial charge in [-0.1, -0.05) is 170 Å². The van der Waals surface area contributed by atoms with Crippen LogP contribution < -0.4 is 5.32 Å². The van der Waals surface area contributed by atoms with Crippen molar-refractivity contribution in [3.8, 4) is 0 Å². The highest BCUT2D eigenvalue weighted by Gasteiger charge is 2.28. The lowest BCUT2D eigenvalue weighted by molar-refractivity contribution is -0.870. The fraction of sp³-hybridized carbons (Fsp3) is 0.688. The van der Waals surface area contributed by atoms with E-state index in [2.05, 4.69) is 104 Å². The quantitative estimate of drug-likeness (QED) is 0.0247. The maximum atomic E-state index is 12.9. The number of hydrogen-bond acceptors (Lipinski definition) is 5. The van der Waals surface area contributed by atoms with Crippen LogP contribution in [0.4, 0.5) is 0 Å². The zero-order chi connectivity index (χ0) is 42.1. The smallest absolute Gasteiger partial charge is 0.391 e. The first kappa shape index (κ1) is 54.7. The average molecular weight is 818 g/mol. The summed E-state index contributed by atoms with van der Waals surface area (Å²) < 4.78 is 23.5. The monoisotopic (exact) mass is 818 g/mol. The molecule has 0 spiro atoms. The first-order valence-corrected chi connectivity index (χ1v) is 23.9. The molecule has 0 fully saturated rings. The molecule has 9 heteroatoms. The molecule has 0 heterocycles. The summed E-state index contributed by atoms with van der Waals surface area (Å²) in [6, 6.07) is -0.782. The normalized spacial score (nSPS) is 15.1. The van der Waals surface area contributed by atoms with E-state index in [1.54, 1.807) is 0 Å². The van der Waals surface area contributed by atoms with Gasteiger partial charge >= 0.3 is 7.82 Å². The molecule has 0 aromatic heterocycles. The number of phosphoric ester groups is 1. The van der Waals surface area contributed by atoms with E-state index in [4.69, 9.17) is 9.05 Å². The Morgan fingerprint density at radius 3 is 1.53 bits per heavy atom. The molecule has 0 saturated carbocycles. The van der Waals surface area contributed by atoms with Crippen LogP contribution in [0.5, 0.6) is 0 Å². The van der Waals surface area contributed by atoms with Gasteiger partial charge < -0.3 is 19.8 Å². The third kappa shape index (κ3) is 41.6. The van der Waals surface area contributed by atoms with Crippen molar-refractivity contribution in [3.05, 3.63) is 85.1 Å². The first-order chi connectivity index (χ1) is 27.5. The van der Waals surface area contributed by atoms with Crippen LogP contribution in [-0.4, -0.2) is 73.4 Å². The van der Waals surface area contributed by atoms with Gasteiger partial charge in [-0.05, 0) is 70.6 Å². The maximum Gasteiger partial charge on any atom is 0.472 e. The second-order valence-electron chi connectivity index (χ2n) is 16.0. The Labute approximate surface area is 350 Å². The van der Waals surface area contributed by atoms with Crippen molar-refractivity contribution in [1.82, 2.24) is 5.32 Å². The molecule has 3 N–H and O–H groups in total. The number of aliphatic hydroxyl groups is 1. The highest BCUT2D eigenvalue weighted by atomic mass is 31.2. The lowest BCUT2D eigenvalue weighted by Crippen LogP contribution is -2.46. The van der Waals surface area contributed by atoms with Crippen LogP contribution >= 0.6 is 7.82 Å². The van der Waals surface area contributed by atoms with Gasteiger partial charge in [0.05, 0.1) is 39.9 Å². The van der Waals surface area contributed by atoms with Crippen LogP contribution in [0.3, 0.4) is 0 Å². The number of hydrogen-bond donors (Lipinski definition) is 3. The number of allylic oxidation sites excluding steroid dienone is 14. The van der Waals surface area contributed by atoms with E-state index in [1.807, 2.05) is 21.1 Å². The molecule has 3 unspecified atom stereocenters. The van der Waals surface area contributed by atoms with Crippen LogP contribution in [0, 0.1) is 0 Å². The molecule has 57 heavy (non-hydrogen) atoms. The van der Waals surface area contributed by atoms with E-state index < -0.39 is 20.0 Å². The van der Waals surface area contributed by atoms with Crippen molar-refractivity contribution in [1.29, 1.82) is 0 Å². The Balaban J connectivity index is 4.37. The van der Waals surface area contributed by atoms with Gasteiger partial charge in [0.25, 0.3) is 0 Å². The van der Waals surface area contributed by atoms with Crippen LogP contribution in [0.1, 0.15) is 162 Å². The van der Waals surface area contributed by atoms with Crippen LogP contribution in [0.2, 0.25) is 0 Å². The summed E-state index contributed by atoms with van der Waals surface area (Å²) in [7, 11) is 1.57. The molecule has 0 saturated heterocycles. The predicted octanol–water partition coefficient (Wildman–Crippen LogP) is 12.6. The Morgan fingerprint density at radius 1 is 0.614 bits per heavy atom.